The van der Waals surface area contributed by atoms with Gasteiger partial charge < -0.3 is 10.2 Å². The minimum atomic E-state index is 0.0598. The van der Waals surface area contributed by atoms with Gasteiger partial charge in [0, 0.05) is 41.1 Å². The van der Waals surface area contributed by atoms with E-state index in [2.05, 4.69) is 21.6 Å². The topological polar surface area (TPSA) is 73.9 Å². The van der Waals surface area contributed by atoms with Gasteiger partial charge in [-0.1, -0.05) is 23.7 Å². The monoisotopic (exact) mass is 409 g/mol. The molecule has 1 aromatic carbocycles. The molecule has 0 aliphatic carbocycles. The first-order valence-corrected chi connectivity index (χ1v) is 10.2. The summed E-state index contributed by atoms with van der Waals surface area (Å²) in [4.78, 5) is 19.3. The molecule has 150 valence electrons. The van der Waals surface area contributed by atoms with Gasteiger partial charge in [0.2, 0.25) is 0 Å². The number of nitrogens with one attached hydrogen (secondary N) is 2. The Morgan fingerprint density at radius 2 is 1.97 bits per heavy atom. The molecule has 3 heterocycles. The fraction of sp³-hybridized carbons (Fsp3) is 0.318. The number of hydrogen-bond donors (Lipinski definition) is 2. The highest BCUT2D eigenvalue weighted by Crippen LogP contribution is 2.24. The van der Waals surface area contributed by atoms with Crippen LogP contribution in [-0.4, -0.2) is 39.1 Å². The van der Waals surface area contributed by atoms with Crippen LogP contribution in [0.1, 0.15) is 34.6 Å². The third-order valence-corrected chi connectivity index (χ3v) is 5.48. The van der Waals surface area contributed by atoms with E-state index in [0.29, 0.717) is 16.5 Å². The van der Waals surface area contributed by atoms with Gasteiger partial charge in [-0.25, -0.2) is 4.98 Å². The van der Waals surface area contributed by atoms with Crippen molar-refractivity contribution in [3.05, 3.63) is 70.5 Å². The number of nitrogens with zero attached hydrogens (tertiary/aromatic N) is 3. The van der Waals surface area contributed by atoms with Crippen LogP contribution in [0, 0.1) is 12.8 Å². The van der Waals surface area contributed by atoms with Gasteiger partial charge in [0.05, 0.1) is 0 Å². The number of pyridine rings is 1. The molecular formula is C22H24ClN5O. The molecular weight excluding hydrogens is 386 g/mol. The zero-order valence-corrected chi connectivity index (χ0v) is 17.1. The third-order valence-electron chi connectivity index (χ3n) is 5.24. The highest BCUT2D eigenvalue weighted by Gasteiger charge is 2.24. The number of halogens is 1. The van der Waals surface area contributed by atoms with Crippen LogP contribution >= 0.6 is 11.6 Å². The van der Waals surface area contributed by atoms with Crippen LogP contribution in [0.25, 0.3) is 0 Å². The standard InChI is InChI=1S/C22H24ClN5O/c1-15-12-21(27-26-15)25-20-7-3-6-19(24-20)13-16-8-10-28(11-9-16)22(29)17-4-2-5-18(23)14-17/h2-7,12,14,16H,8-11,13H2,1H3,(H2,24,25,26,27). The minimum Gasteiger partial charge on any atom is -0.339 e. The van der Waals surface area contributed by atoms with Crippen LogP contribution in [0.2, 0.25) is 5.02 Å². The van der Waals surface area contributed by atoms with Crippen LogP contribution < -0.4 is 5.32 Å². The van der Waals surface area contributed by atoms with Crippen molar-refractivity contribution in [1.29, 1.82) is 0 Å². The van der Waals surface area contributed by atoms with E-state index >= 15 is 0 Å². The number of aromatic amines is 1. The summed E-state index contributed by atoms with van der Waals surface area (Å²) in [5.74, 6) is 2.14. The van der Waals surface area contributed by atoms with Crippen molar-refractivity contribution in [2.75, 3.05) is 18.4 Å². The highest BCUT2D eigenvalue weighted by atomic mass is 35.5. The van der Waals surface area contributed by atoms with Gasteiger partial charge in [-0.3, -0.25) is 9.89 Å². The fourth-order valence-corrected chi connectivity index (χ4v) is 3.91. The molecule has 29 heavy (non-hydrogen) atoms. The van der Waals surface area contributed by atoms with Gasteiger partial charge in [-0.2, -0.15) is 5.10 Å². The molecule has 1 amide bonds. The van der Waals surface area contributed by atoms with E-state index in [9.17, 15) is 4.79 Å². The maximum absolute atomic E-state index is 12.7. The Labute approximate surface area is 175 Å². The number of carbonyl (C=O) groups is 1. The zero-order valence-electron chi connectivity index (χ0n) is 16.4. The Morgan fingerprint density at radius 3 is 2.69 bits per heavy atom. The van der Waals surface area contributed by atoms with Crippen molar-refractivity contribution in [3.8, 4) is 0 Å². The fourth-order valence-electron chi connectivity index (χ4n) is 3.72. The zero-order chi connectivity index (χ0) is 20.2. The van der Waals surface area contributed by atoms with Gasteiger partial charge in [0.15, 0.2) is 5.82 Å². The second kappa shape index (κ2) is 8.66. The number of anilines is 2. The maximum Gasteiger partial charge on any atom is 0.253 e. The van der Waals surface area contributed by atoms with E-state index in [-0.39, 0.29) is 5.91 Å². The van der Waals surface area contributed by atoms with Crippen LogP contribution in [0.5, 0.6) is 0 Å². The average Bonchev–Trinajstić information content (AvgIpc) is 3.13. The smallest absolute Gasteiger partial charge is 0.253 e. The molecule has 2 N–H and O–H groups in total. The summed E-state index contributed by atoms with van der Waals surface area (Å²) in [5, 5.41) is 10.9. The molecule has 0 radical (unpaired) electrons. The molecule has 0 bridgehead atoms. The lowest BCUT2D eigenvalue weighted by atomic mass is 9.91. The van der Waals surface area contributed by atoms with Crippen molar-refractivity contribution in [1.82, 2.24) is 20.1 Å². The number of piperidine rings is 1. The van der Waals surface area contributed by atoms with Gasteiger partial charge in [-0.15, -0.1) is 0 Å². The van der Waals surface area contributed by atoms with Crippen molar-refractivity contribution in [3.63, 3.8) is 0 Å². The summed E-state index contributed by atoms with van der Waals surface area (Å²) in [6, 6.07) is 15.1. The number of amides is 1. The number of benzene rings is 1. The summed E-state index contributed by atoms with van der Waals surface area (Å²) >= 11 is 6.02. The Balaban J connectivity index is 1.32. The van der Waals surface area contributed by atoms with Crippen molar-refractivity contribution in [2.24, 2.45) is 5.92 Å². The van der Waals surface area contributed by atoms with E-state index < -0.39 is 0 Å². The number of likely N-dealkylation sites (tertiary alicyclic amines) is 1. The summed E-state index contributed by atoms with van der Waals surface area (Å²) < 4.78 is 0. The lowest BCUT2D eigenvalue weighted by molar-refractivity contribution is 0.0690. The lowest BCUT2D eigenvalue weighted by Crippen LogP contribution is -2.39. The normalized spacial score (nSPS) is 14.8. The largest absolute Gasteiger partial charge is 0.339 e. The summed E-state index contributed by atoms with van der Waals surface area (Å²) in [7, 11) is 0. The molecule has 6 nitrogen and oxygen atoms in total. The van der Waals surface area contributed by atoms with Crippen LogP contribution in [0.4, 0.5) is 11.6 Å². The van der Waals surface area contributed by atoms with E-state index in [1.54, 1.807) is 12.1 Å². The van der Waals surface area contributed by atoms with E-state index in [4.69, 9.17) is 16.6 Å². The summed E-state index contributed by atoms with van der Waals surface area (Å²) in [5.41, 5.74) is 2.72. The molecule has 0 unspecified atom stereocenters. The van der Waals surface area contributed by atoms with Crippen molar-refractivity contribution in [2.45, 2.75) is 26.2 Å². The molecule has 7 heteroatoms. The Kier molecular flexibility index (Phi) is 5.81. The number of carbonyl (C=O) groups excluding carboxylic acids is 1. The number of aryl methyl sites for hydroxylation is 1. The Bertz CT molecular complexity index is 994. The molecule has 0 spiro atoms. The SMILES string of the molecule is Cc1cc(Nc2cccc(CC3CCN(C(=O)c4cccc(Cl)c4)CC3)n2)n[nH]1. The first-order chi connectivity index (χ1) is 14.1. The predicted octanol–water partition coefficient (Wildman–Crippen LogP) is 4.61. The number of rotatable bonds is 5. The molecule has 3 aromatic rings. The summed E-state index contributed by atoms with van der Waals surface area (Å²) in [6.45, 7) is 3.49. The first-order valence-electron chi connectivity index (χ1n) is 9.86. The molecule has 4 rings (SSSR count). The molecule has 1 fully saturated rings. The van der Waals surface area contributed by atoms with Crippen LogP contribution in [0.3, 0.4) is 0 Å². The minimum absolute atomic E-state index is 0.0598. The molecule has 2 aromatic heterocycles. The van der Waals surface area contributed by atoms with E-state index in [1.807, 2.05) is 42.2 Å². The van der Waals surface area contributed by atoms with E-state index in [0.717, 1.165) is 55.4 Å². The third kappa shape index (κ3) is 4.95. The quantitative estimate of drug-likeness (QED) is 0.645. The molecule has 1 saturated heterocycles. The predicted molar refractivity (Wildman–Crippen MR) is 115 cm³/mol. The first kappa shape index (κ1) is 19.5. The van der Waals surface area contributed by atoms with Crippen molar-refractivity contribution < 1.29 is 4.79 Å². The molecule has 1 aliphatic heterocycles. The summed E-state index contributed by atoms with van der Waals surface area (Å²) in [6.07, 6.45) is 2.86. The number of H-pyrrole nitrogens is 1. The van der Waals surface area contributed by atoms with Gasteiger partial charge in [0.25, 0.3) is 5.91 Å². The molecule has 0 atom stereocenters. The van der Waals surface area contributed by atoms with Gasteiger partial charge >= 0.3 is 0 Å². The van der Waals surface area contributed by atoms with Crippen LogP contribution in [-0.2, 0) is 6.42 Å². The Morgan fingerprint density at radius 1 is 1.17 bits per heavy atom. The van der Waals surface area contributed by atoms with Gasteiger partial charge in [-0.05, 0) is 62.4 Å². The Hall–Kier alpha value is -2.86. The highest BCUT2D eigenvalue weighted by molar-refractivity contribution is 6.30. The number of hydrogen-bond acceptors (Lipinski definition) is 4. The van der Waals surface area contributed by atoms with Gasteiger partial charge in [0.1, 0.15) is 5.82 Å². The lowest BCUT2D eigenvalue weighted by Gasteiger charge is -2.32. The number of aromatic nitrogens is 3. The van der Waals surface area contributed by atoms with E-state index in [1.165, 1.54) is 0 Å². The maximum atomic E-state index is 12.7. The molecule has 1 aliphatic rings. The second-order valence-electron chi connectivity index (χ2n) is 7.53. The molecule has 0 saturated carbocycles. The average molecular weight is 410 g/mol. The van der Waals surface area contributed by atoms with Crippen molar-refractivity contribution >= 4 is 29.1 Å². The van der Waals surface area contributed by atoms with Crippen LogP contribution in [0.15, 0.2) is 48.5 Å². The second-order valence-corrected chi connectivity index (χ2v) is 7.96.